The number of rotatable bonds is 5. The summed E-state index contributed by atoms with van der Waals surface area (Å²) in [6.07, 6.45) is 3.47. The van der Waals surface area contributed by atoms with Crippen LogP contribution in [0.25, 0.3) is 16.8 Å². The summed E-state index contributed by atoms with van der Waals surface area (Å²) in [7, 11) is -3.21. The standard InChI is InChI=1S/C20H13F3N4O4S/c1-31-19-16(26-32(29,30)17-4-3-13(21)7-14(17)22)6-12(8-25-19)11-2-5-18-24-9-15(23)20(28)27(18)10-11/h2-10,26H,1H3. The number of aromatic nitrogens is 3. The van der Waals surface area contributed by atoms with Crippen molar-refractivity contribution in [2.24, 2.45) is 0 Å². The van der Waals surface area contributed by atoms with Gasteiger partial charge in [0.1, 0.15) is 27.9 Å². The number of anilines is 1. The van der Waals surface area contributed by atoms with Gasteiger partial charge in [0.05, 0.1) is 13.3 Å². The Hall–Kier alpha value is -3.93. The topological polar surface area (TPSA) is 103 Å². The molecule has 164 valence electrons. The Morgan fingerprint density at radius 3 is 2.47 bits per heavy atom. The van der Waals surface area contributed by atoms with Crippen LogP contribution < -0.4 is 15.0 Å². The number of hydrogen-bond donors (Lipinski definition) is 1. The zero-order valence-electron chi connectivity index (χ0n) is 16.2. The zero-order chi connectivity index (χ0) is 23.0. The second kappa shape index (κ2) is 7.96. The summed E-state index contributed by atoms with van der Waals surface area (Å²) in [5.74, 6) is -3.36. The van der Waals surface area contributed by atoms with Crippen molar-refractivity contribution < 1.29 is 26.3 Å². The highest BCUT2D eigenvalue weighted by atomic mass is 32.2. The lowest BCUT2D eigenvalue weighted by Gasteiger charge is -2.13. The highest BCUT2D eigenvalue weighted by Gasteiger charge is 2.22. The predicted molar refractivity (Wildman–Crippen MR) is 108 cm³/mol. The summed E-state index contributed by atoms with van der Waals surface area (Å²) in [5, 5.41) is 0. The number of methoxy groups -OCH3 is 1. The Kier molecular flexibility index (Phi) is 5.30. The Bertz CT molecular complexity index is 1520. The molecule has 0 fully saturated rings. The summed E-state index contributed by atoms with van der Waals surface area (Å²) in [6, 6.07) is 6.42. The van der Waals surface area contributed by atoms with Gasteiger partial charge < -0.3 is 4.74 Å². The van der Waals surface area contributed by atoms with Crippen molar-refractivity contribution in [3.05, 3.63) is 82.8 Å². The summed E-state index contributed by atoms with van der Waals surface area (Å²) < 4.78 is 74.3. The average molecular weight is 462 g/mol. The van der Waals surface area contributed by atoms with Crippen LogP contribution in [-0.4, -0.2) is 29.9 Å². The molecule has 32 heavy (non-hydrogen) atoms. The van der Waals surface area contributed by atoms with Gasteiger partial charge in [-0.15, -0.1) is 0 Å². The Balaban J connectivity index is 1.79. The zero-order valence-corrected chi connectivity index (χ0v) is 17.0. The third-order valence-corrected chi connectivity index (χ3v) is 5.86. The van der Waals surface area contributed by atoms with Crippen LogP contribution in [0.1, 0.15) is 0 Å². The van der Waals surface area contributed by atoms with Crippen molar-refractivity contribution in [1.82, 2.24) is 14.4 Å². The van der Waals surface area contributed by atoms with Crippen LogP contribution in [0.4, 0.5) is 18.9 Å². The van der Waals surface area contributed by atoms with Gasteiger partial charge in [-0.05, 0) is 30.3 Å². The lowest BCUT2D eigenvalue weighted by Crippen LogP contribution is -2.18. The molecule has 4 aromatic rings. The summed E-state index contributed by atoms with van der Waals surface area (Å²) in [5.41, 5.74) is -0.129. The van der Waals surface area contributed by atoms with E-state index >= 15 is 0 Å². The number of halogens is 3. The first kappa shape index (κ1) is 21.3. The third kappa shape index (κ3) is 3.87. The number of nitrogens with zero attached hydrogens (tertiary/aromatic N) is 3. The SMILES string of the molecule is COc1ncc(-c2ccc3ncc(F)c(=O)n3c2)cc1NS(=O)(=O)c1ccc(F)cc1F. The molecule has 1 aromatic carbocycles. The van der Waals surface area contributed by atoms with E-state index in [-0.39, 0.29) is 17.2 Å². The van der Waals surface area contributed by atoms with Gasteiger partial charge in [0.2, 0.25) is 11.7 Å². The van der Waals surface area contributed by atoms with Crippen molar-refractivity contribution in [2.75, 3.05) is 11.8 Å². The highest BCUT2D eigenvalue weighted by Crippen LogP contribution is 2.30. The van der Waals surface area contributed by atoms with Crippen molar-refractivity contribution >= 4 is 21.4 Å². The largest absolute Gasteiger partial charge is 0.480 e. The second-order valence-corrected chi connectivity index (χ2v) is 8.17. The maximum atomic E-state index is 14.0. The molecule has 0 aliphatic heterocycles. The number of pyridine rings is 2. The Morgan fingerprint density at radius 2 is 1.75 bits per heavy atom. The first-order valence-corrected chi connectivity index (χ1v) is 10.4. The normalized spacial score (nSPS) is 11.5. The number of ether oxygens (including phenoxy) is 1. The second-order valence-electron chi connectivity index (χ2n) is 6.52. The van der Waals surface area contributed by atoms with Gasteiger partial charge in [-0.25, -0.2) is 27.2 Å². The first-order valence-electron chi connectivity index (χ1n) is 8.89. The van der Waals surface area contributed by atoms with Crippen molar-refractivity contribution in [1.29, 1.82) is 0 Å². The van der Waals surface area contributed by atoms with Gasteiger partial charge in [0.25, 0.3) is 15.6 Å². The van der Waals surface area contributed by atoms with Crippen molar-refractivity contribution in [3.63, 3.8) is 0 Å². The van der Waals surface area contributed by atoms with Gasteiger partial charge >= 0.3 is 0 Å². The molecule has 1 N–H and O–H groups in total. The molecule has 3 aromatic heterocycles. The number of fused-ring (bicyclic) bond motifs is 1. The molecule has 8 nitrogen and oxygen atoms in total. The molecular formula is C20H13F3N4O4S. The van der Waals surface area contributed by atoms with Gasteiger partial charge in [-0.3, -0.25) is 13.9 Å². The molecule has 0 aliphatic carbocycles. The fourth-order valence-electron chi connectivity index (χ4n) is 2.96. The first-order chi connectivity index (χ1) is 15.2. The van der Waals surface area contributed by atoms with E-state index in [1.54, 1.807) is 6.07 Å². The lowest BCUT2D eigenvalue weighted by atomic mass is 10.1. The van der Waals surface area contributed by atoms with E-state index in [9.17, 15) is 26.4 Å². The summed E-state index contributed by atoms with van der Waals surface area (Å²) in [6.45, 7) is 0. The van der Waals surface area contributed by atoms with Crippen LogP contribution >= 0.6 is 0 Å². The third-order valence-electron chi connectivity index (χ3n) is 4.47. The van der Waals surface area contributed by atoms with Gasteiger partial charge in [0.15, 0.2) is 0 Å². The number of hydrogen-bond acceptors (Lipinski definition) is 6. The molecule has 0 unspecified atom stereocenters. The highest BCUT2D eigenvalue weighted by molar-refractivity contribution is 7.92. The molecule has 0 atom stereocenters. The van der Waals surface area contributed by atoms with Gasteiger partial charge in [-0.1, -0.05) is 0 Å². The predicted octanol–water partition coefficient (Wildman–Crippen LogP) is 2.98. The van der Waals surface area contributed by atoms with Crippen LogP contribution in [-0.2, 0) is 10.0 Å². The molecule has 0 bridgehead atoms. The minimum Gasteiger partial charge on any atom is -0.480 e. The fourth-order valence-corrected chi connectivity index (χ4v) is 4.07. The van der Waals surface area contributed by atoms with E-state index in [2.05, 4.69) is 14.7 Å². The van der Waals surface area contributed by atoms with Crippen LogP contribution in [0.15, 0.2) is 64.7 Å². The van der Waals surface area contributed by atoms with E-state index < -0.39 is 37.9 Å². The number of nitrogens with one attached hydrogen (secondary N) is 1. The van der Waals surface area contributed by atoms with E-state index in [4.69, 9.17) is 4.74 Å². The van der Waals surface area contributed by atoms with E-state index in [0.717, 1.165) is 22.7 Å². The average Bonchev–Trinajstić information content (AvgIpc) is 2.75. The number of sulfonamides is 1. The molecule has 0 radical (unpaired) electrons. The Labute approximate surface area is 179 Å². The Morgan fingerprint density at radius 1 is 0.969 bits per heavy atom. The van der Waals surface area contributed by atoms with Crippen LogP contribution in [0.5, 0.6) is 5.88 Å². The fraction of sp³-hybridized carbons (Fsp3) is 0.0500. The molecule has 0 amide bonds. The molecule has 4 rings (SSSR count). The van der Waals surface area contributed by atoms with E-state index in [1.807, 2.05) is 0 Å². The molecule has 12 heteroatoms. The van der Waals surface area contributed by atoms with E-state index in [0.29, 0.717) is 17.2 Å². The van der Waals surface area contributed by atoms with Crippen molar-refractivity contribution in [3.8, 4) is 17.0 Å². The van der Waals surface area contributed by atoms with Crippen LogP contribution in [0, 0.1) is 17.5 Å². The van der Waals surface area contributed by atoms with Crippen LogP contribution in [0.3, 0.4) is 0 Å². The molecule has 0 spiro atoms. The molecule has 0 saturated heterocycles. The molecule has 0 aliphatic rings. The maximum absolute atomic E-state index is 14.0. The maximum Gasteiger partial charge on any atom is 0.293 e. The van der Waals surface area contributed by atoms with Crippen LogP contribution in [0.2, 0.25) is 0 Å². The number of benzene rings is 1. The monoisotopic (exact) mass is 462 g/mol. The minimum absolute atomic E-state index is 0.120. The van der Waals surface area contributed by atoms with Crippen molar-refractivity contribution in [2.45, 2.75) is 4.90 Å². The van der Waals surface area contributed by atoms with E-state index in [1.165, 1.54) is 31.6 Å². The molecular weight excluding hydrogens is 449 g/mol. The molecule has 0 saturated carbocycles. The summed E-state index contributed by atoms with van der Waals surface area (Å²) >= 11 is 0. The lowest BCUT2D eigenvalue weighted by molar-refractivity contribution is 0.400. The van der Waals surface area contributed by atoms with Gasteiger partial charge in [0, 0.05) is 29.6 Å². The quantitative estimate of drug-likeness (QED) is 0.489. The smallest absolute Gasteiger partial charge is 0.293 e. The van der Waals surface area contributed by atoms with Gasteiger partial charge in [-0.2, -0.15) is 4.39 Å². The summed E-state index contributed by atoms with van der Waals surface area (Å²) in [4.78, 5) is 19.1. The minimum atomic E-state index is -4.47. The molecule has 3 heterocycles.